The summed E-state index contributed by atoms with van der Waals surface area (Å²) in [6.45, 7) is 1.43. The molecule has 0 atom stereocenters. The van der Waals surface area contributed by atoms with Gasteiger partial charge in [0.2, 0.25) is 0 Å². The van der Waals surface area contributed by atoms with E-state index in [-0.39, 0.29) is 29.5 Å². The molecule has 5 heavy (non-hydrogen) atoms. The minimum atomic E-state index is 0. The summed E-state index contributed by atoms with van der Waals surface area (Å²) in [5.74, 6) is 0. The Balaban J connectivity index is -0.0000000200. The van der Waals surface area contributed by atoms with Gasteiger partial charge in [0.15, 0.2) is 0 Å². The van der Waals surface area contributed by atoms with Crippen molar-refractivity contribution in [1.29, 1.82) is 5.26 Å². The predicted octanol–water partition coefficient (Wildman–Crippen LogP) is 0.949. The van der Waals surface area contributed by atoms with Gasteiger partial charge < -0.3 is 0 Å². The summed E-state index contributed by atoms with van der Waals surface area (Å²) < 4.78 is 0. The first-order valence-electron chi connectivity index (χ1n) is 0.724. The summed E-state index contributed by atoms with van der Waals surface area (Å²) in [5, 5.41) is 7.32. The van der Waals surface area contributed by atoms with Crippen LogP contribution in [-0.2, 0) is 17.1 Å². The second-order valence-electron chi connectivity index (χ2n) is 0.224. The first kappa shape index (κ1) is 18.5. The third-order valence-electron chi connectivity index (χ3n) is 0. The van der Waals surface area contributed by atoms with Crippen LogP contribution in [0, 0.1) is 11.3 Å². The molecule has 0 spiro atoms. The molecule has 0 aliphatic heterocycles. The van der Waals surface area contributed by atoms with E-state index < -0.39 is 0 Å². The minimum Gasteiger partial charge on any atom is -0.199 e. The summed E-state index contributed by atoms with van der Waals surface area (Å²) in [4.78, 5) is 0. The fourth-order valence-corrected chi connectivity index (χ4v) is 0. The van der Waals surface area contributed by atoms with E-state index in [1.165, 1.54) is 6.92 Å². The Morgan fingerprint density at radius 3 is 1.60 bits per heavy atom. The third kappa shape index (κ3) is 253. The van der Waals surface area contributed by atoms with Crippen LogP contribution in [0.5, 0.6) is 0 Å². The van der Waals surface area contributed by atoms with E-state index in [9.17, 15) is 0 Å². The summed E-state index contributed by atoms with van der Waals surface area (Å²) >= 11 is 0. The number of hydrogen-bond donors (Lipinski definition) is 0. The van der Waals surface area contributed by atoms with Crippen LogP contribution in [0.25, 0.3) is 0 Å². The van der Waals surface area contributed by atoms with Crippen molar-refractivity contribution in [3.05, 3.63) is 0 Å². The second-order valence-corrected chi connectivity index (χ2v) is 0.224. The number of nitriles is 1. The van der Waals surface area contributed by atoms with E-state index in [0.29, 0.717) is 0 Å². The largest absolute Gasteiger partial charge is 0.199 e. The van der Waals surface area contributed by atoms with Gasteiger partial charge in [-0.1, -0.05) is 0 Å². The van der Waals surface area contributed by atoms with Gasteiger partial charge in [-0.25, -0.2) is 0 Å². The molecule has 0 aliphatic carbocycles. The molecule has 0 aliphatic rings. The van der Waals surface area contributed by atoms with E-state index in [1.54, 1.807) is 6.07 Å². The number of rotatable bonds is 0. The molecule has 3 heteroatoms. The van der Waals surface area contributed by atoms with Crippen molar-refractivity contribution < 1.29 is 17.1 Å². The maximum atomic E-state index is 7.32. The molecule has 0 saturated carbocycles. The van der Waals surface area contributed by atoms with Gasteiger partial charge in [-0.3, -0.25) is 0 Å². The van der Waals surface area contributed by atoms with Crippen molar-refractivity contribution >= 4 is 12.4 Å². The molecule has 0 saturated heterocycles. The quantitative estimate of drug-likeness (QED) is 0.450. The molecule has 31 valence electrons. The topological polar surface area (TPSA) is 23.8 Å². The molecule has 0 unspecified atom stereocenters. The molecule has 0 aromatic carbocycles. The molecule has 0 amide bonds. The molecular weight excluding hydrogens is 128 g/mol. The van der Waals surface area contributed by atoms with Crippen LogP contribution < -0.4 is 0 Å². The molecule has 0 heterocycles. The third-order valence-corrected chi connectivity index (χ3v) is 0. The van der Waals surface area contributed by atoms with Crippen LogP contribution in [0.2, 0.25) is 0 Å². The van der Waals surface area contributed by atoms with Crippen molar-refractivity contribution in [2.24, 2.45) is 0 Å². The van der Waals surface area contributed by atoms with Crippen LogP contribution in [0.15, 0.2) is 0 Å². The zero-order valence-corrected chi connectivity index (χ0v) is 4.73. The first-order chi connectivity index (χ1) is 1.41. The van der Waals surface area contributed by atoms with Gasteiger partial charge >= 0.3 is 0 Å². The van der Waals surface area contributed by atoms with Crippen molar-refractivity contribution in [3.63, 3.8) is 0 Å². The van der Waals surface area contributed by atoms with Gasteiger partial charge in [-0.05, 0) is 0 Å². The van der Waals surface area contributed by atoms with Gasteiger partial charge in [0.05, 0.1) is 6.07 Å². The van der Waals surface area contributed by atoms with Gasteiger partial charge in [-0.2, -0.15) is 5.26 Å². The van der Waals surface area contributed by atoms with Gasteiger partial charge in [0, 0.05) is 24.0 Å². The molecule has 1 radical (unpaired) electrons. The van der Waals surface area contributed by atoms with Crippen LogP contribution >= 0.6 is 12.4 Å². The molecule has 1 nitrogen and oxygen atoms in total. The summed E-state index contributed by atoms with van der Waals surface area (Å²) in [6.07, 6.45) is 0. The van der Waals surface area contributed by atoms with Crippen molar-refractivity contribution in [1.82, 2.24) is 0 Å². The Morgan fingerprint density at radius 1 is 1.60 bits per heavy atom. The maximum Gasteiger partial charge on any atom is 0.0587 e. The Bertz CT molecular complexity index is 31.1. The normalized spacial score (nSPS) is 1.60. The van der Waals surface area contributed by atoms with E-state index in [0.717, 1.165) is 0 Å². The maximum absolute atomic E-state index is 7.32. The van der Waals surface area contributed by atoms with Crippen molar-refractivity contribution in [3.8, 4) is 6.07 Å². The van der Waals surface area contributed by atoms with Crippen LogP contribution in [0.1, 0.15) is 6.92 Å². The number of halogens is 1. The predicted molar refractivity (Wildman–Crippen MR) is 18.5 cm³/mol. The summed E-state index contributed by atoms with van der Waals surface area (Å²) in [5.41, 5.74) is 0. The number of nitrogens with zero attached hydrogens (tertiary/aromatic N) is 1. The Morgan fingerprint density at radius 2 is 1.60 bits per heavy atom. The zero-order valence-electron chi connectivity index (χ0n) is 2.73. The van der Waals surface area contributed by atoms with Crippen LogP contribution in [0.3, 0.4) is 0 Å². The van der Waals surface area contributed by atoms with Gasteiger partial charge in [0.25, 0.3) is 0 Å². The minimum absolute atomic E-state index is 0. The van der Waals surface area contributed by atoms with E-state index >= 15 is 0 Å². The van der Waals surface area contributed by atoms with Gasteiger partial charge in [-0.15, -0.1) is 12.4 Å². The first-order valence-corrected chi connectivity index (χ1v) is 0.724. The van der Waals surface area contributed by atoms with Crippen LogP contribution in [-0.4, -0.2) is 0 Å². The van der Waals surface area contributed by atoms with E-state index in [2.05, 4.69) is 0 Å². The fourth-order valence-electron chi connectivity index (χ4n) is 0. The molecule has 0 aromatic rings. The monoisotopic (exact) mass is 132 g/mol. The SMILES string of the molecule is CC#N.Cl.[Mn]. The Labute approximate surface area is 48.2 Å². The molecular formula is C2H4ClMnN. The molecule has 0 aromatic heterocycles. The standard InChI is InChI=1S/C2H3N.ClH.Mn/c1-2-3;;/h1H3;1H;. The second kappa shape index (κ2) is 27.7. The van der Waals surface area contributed by atoms with Crippen molar-refractivity contribution in [2.75, 3.05) is 0 Å². The molecule has 0 N–H and O–H groups in total. The van der Waals surface area contributed by atoms with Crippen LogP contribution in [0.4, 0.5) is 0 Å². The smallest absolute Gasteiger partial charge is 0.0587 e. The average Bonchev–Trinajstić information content (AvgIpc) is 0.918. The Hall–Kier alpha value is 0.299. The fraction of sp³-hybridized carbons (Fsp3) is 0.500. The summed E-state index contributed by atoms with van der Waals surface area (Å²) in [6, 6.07) is 1.75. The average molecular weight is 132 g/mol. The van der Waals surface area contributed by atoms with E-state index in [4.69, 9.17) is 5.26 Å². The van der Waals surface area contributed by atoms with E-state index in [1.807, 2.05) is 0 Å². The zero-order chi connectivity index (χ0) is 2.71. The molecule has 0 rings (SSSR count). The Kier molecular flexibility index (Phi) is 103. The molecule has 0 bridgehead atoms. The molecule has 0 fully saturated rings. The van der Waals surface area contributed by atoms with Gasteiger partial charge in [0.1, 0.15) is 0 Å². The number of hydrogen-bond acceptors (Lipinski definition) is 1. The van der Waals surface area contributed by atoms with Crippen molar-refractivity contribution in [2.45, 2.75) is 6.92 Å². The summed E-state index contributed by atoms with van der Waals surface area (Å²) in [7, 11) is 0.